The number of fused-ring (bicyclic) bond motifs is 8. The van der Waals surface area contributed by atoms with E-state index in [0.29, 0.717) is 0 Å². The Labute approximate surface area is 373 Å². The lowest BCUT2D eigenvalue weighted by Gasteiger charge is -2.26. The number of anilines is 3. The van der Waals surface area contributed by atoms with Crippen LogP contribution in [0.2, 0.25) is 0 Å². The minimum atomic E-state index is 1.09. The van der Waals surface area contributed by atoms with Crippen molar-refractivity contribution in [2.45, 2.75) is 0 Å². The molecular weight excluding hydrogens is 773 g/mol. The molecule has 0 saturated carbocycles. The Hall–Kier alpha value is -8.46. The van der Waals surface area contributed by atoms with Crippen molar-refractivity contribution in [1.29, 1.82) is 0 Å². The van der Waals surface area contributed by atoms with E-state index in [9.17, 15) is 0 Å². The normalized spacial score (nSPS) is 11.4. The highest BCUT2D eigenvalue weighted by molar-refractivity contribution is 6.32. The largest absolute Gasteiger partial charge is 0.311 e. The Balaban J connectivity index is 0.925. The highest BCUT2D eigenvalue weighted by Gasteiger charge is 2.19. The van der Waals surface area contributed by atoms with E-state index in [0.717, 1.165) is 28.3 Å². The molecule has 0 atom stereocenters. The minimum absolute atomic E-state index is 1.09. The van der Waals surface area contributed by atoms with Gasteiger partial charge in [-0.25, -0.2) is 0 Å². The highest BCUT2D eigenvalue weighted by atomic mass is 15.1. The quantitative estimate of drug-likeness (QED) is 0.139. The van der Waals surface area contributed by atoms with Gasteiger partial charge in [0.25, 0.3) is 0 Å². The van der Waals surface area contributed by atoms with Crippen LogP contribution in [-0.4, -0.2) is 4.57 Å². The van der Waals surface area contributed by atoms with Crippen LogP contribution >= 0.6 is 0 Å². The fourth-order valence-corrected chi connectivity index (χ4v) is 9.69. The van der Waals surface area contributed by atoms with Gasteiger partial charge in [-0.3, -0.25) is 0 Å². The molecule has 12 rings (SSSR count). The molecule has 0 saturated heterocycles. The second-order valence-electron chi connectivity index (χ2n) is 16.5. The molecule has 0 aliphatic carbocycles. The van der Waals surface area contributed by atoms with E-state index in [-0.39, 0.29) is 0 Å². The zero-order chi connectivity index (χ0) is 42.4. The van der Waals surface area contributed by atoms with E-state index >= 15 is 0 Å². The maximum absolute atomic E-state index is 2.47. The molecule has 0 bridgehead atoms. The monoisotopic (exact) mass is 814 g/mol. The first-order chi connectivity index (χ1) is 31.7. The number of rotatable bonds is 8. The van der Waals surface area contributed by atoms with E-state index < -0.39 is 0 Å². The van der Waals surface area contributed by atoms with Crippen molar-refractivity contribution in [1.82, 2.24) is 4.57 Å². The Bertz CT molecular complexity index is 3610. The minimum Gasteiger partial charge on any atom is -0.311 e. The average molecular weight is 815 g/mol. The molecular formula is C62H42N2. The number of benzene rings is 11. The smallest absolute Gasteiger partial charge is 0.0625 e. The first-order valence-electron chi connectivity index (χ1n) is 22.0. The summed E-state index contributed by atoms with van der Waals surface area (Å²) in [5.41, 5.74) is 16.4. The third kappa shape index (κ3) is 6.52. The van der Waals surface area contributed by atoms with Crippen molar-refractivity contribution in [2.24, 2.45) is 0 Å². The van der Waals surface area contributed by atoms with Gasteiger partial charge < -0.3 is 9.47 Å². The Morgan fingerprint density at radius 1 is 0.250 bits per heavy atom. The van der Waals surface area contributed by atoms with Gasteiger partial charge in [0.05, 0.1) is 11.0 Å². The second kappa shape index (κ2) is 15.8. The molecule has 2 heteroatoms. The van der Waals surface area contributed by atoms with Crippen molar-refractivity contribution < 1.29 is 0 Å². The van der Waals surface area contributed by atoms with E-state index in [1.54, 1.807) is 0 Å². The van der Waals surface area contributed by atoms with Crippen LogP contribution in [0, 0.1) is 0 Å². The van der Waals surface area contributed by atoms with Crippen LogP contribution in [-0.2, 0) is 0 Å². The number of para-hydroxylation sites is 1. The molecule has 1 aromatic heterocycles. The van der Waals surface area contributed by atoms with Gasteiger partial charge in [-0.15, -0.1) is 0 Å². The Kier molecular flexibility index (Phi) is 9.20. The molecule has 0 amide bonds. The second-order valence-corrected chi connectivity index (χ2v) is 16.5. The van der Waals surface area contributed by atoms with Crippen LogP contribution in [0.1, 0.15) is 0 Å². The maximum atomic E-state index is 2.47. The van der Waals surface area contributed by atoms with Crippen LogP contribution in [0.15, 0.2) is 255 Å². The van der Waals surface area contributed by atoms with Gasteiger partial charge in [0.1, 0.15) is 0 Å². The van der Waals surface area contributed by atoms with Gasteiger partial charge >= 0.3 is 0 Å². The van der Waals surface area contributed by atoms with E-state index in [2.05, 4.69) is 264 Å². The standard InChI is InChI=1S/C62H42N2/c1-3-14-43(15-4-1)45-26-28-46(29-27-45)48-32-38-52(39-33-48)63(51-36-30-47(31-37-51)44-16-5-2-6-17-44)53-40-34-49(35-41-53)50-18-13-19-54(42-50)64-60-25-12-11-24-59(60)61-57-22-9-7-20-55(57)56-21-8-10-23-58(56)62(61)64/h1-42H. The van der Waals surface area contributed by atoms with Crippen molar-refractivity contribution in [3.63, 3.8) is 0 Å². The van der Waals surface area contributed by atoms with Crippen molar-refractivity contribution >= 4 is 60.4 Å². The van der Waals surface area contributed by atoms with E-state index in [1.165, 1.54) is 82.3 Å². The lowest BCUT2D eigenvalue weighted by atomic mass is 9.97. The van der Waals surface area contributed by atoms with Crippen LogP contribution in [0.5, 0.6) is 0 Å². The first kappa shape index (κ1) is 37.3. The van der Waals surface area contributed by atoms with Crippen molar-refractivity contribution in [3.05, 3.63) is 255 Å². The molecule has 0 aliphatic rings. The van der Waals surface area contributed by atoms with Gasteiger partial charge in [0.15, 0.2) is 0 Å². The molecule has 0 aliphatic heterocycles. The van der Waals surface area contributed by atoms with Crippen LogP contribution < -0.4 is 4.90 Å². The van der Waals surface area contributed by atoms with E-state index in [4.69, 9.17) is 0 Å². The summed E-state index contributed by atoms with van der Waals surface area (Å²) in [5, 5.41) is 7.66. The molecule has 12 aromatic rings. The van der Waals surface area contributed by atoms with Crippen molar-refractivity contribution in [2.75, 3.05) is 4.90 Å². The summed E-state index contributed by atoms with van der Waals surface area (Å²) in [6.45, 7) is 0. The SMILES string of the molecule is c1ccc(-c2ccc(-c3ccc(N(c4ccc(-c5ccccc5)cc4)c4ccc(-c5cccc(-n6c7ccccc7c7c8ccccc8c8ccccc8c76)c5)cc4)cc3)cc2)cc1. The molecule has 0 N–H and O–H groups in total. The van der Waals surface area contributed by atoms with Gasteiger partial charge in [-0.2, -0.15) is 0 Å². The zero-order valence-corrected chi connectivity index (χ0v) is 35.1. The predicted octanol–water partition coefficient (Wildman–Crippen LogP) is 17.2. The third-order valence-corrected chi connectivity index (χ3v) is 12.8. The Morgan fingerprint density at radius 2 is 0.609 bits per heavy atom. The number of nitrogens with zero attached hydrogens (tertiary/aromatic N) is 2. The molecule has 64 heavy (non-hydrogen) atoms. The Morgan fingerprint density at radius 3 is 1.12 bits per heavy atom. The van der Waals surface area contributed by atoms with Gasteiger partial charge in [-0.1, -0.05) is 200 Å². The van der Waals surface area contributed by atoms with Crippen LogP contribution in [0.3, 0.4) is 0 Å². The highest BCUT2D eigenvalue weighted by Crippen LogP contribution is 2.43. The molecule has 2 nitrogen and oxygen atoms in total. The fourth-order valence-electron chi connectivity index (χ4n) is 9.69. The molecule has 11 aromatic carbocycles. The molecule has 300 valence electrons. The van der Waals surface area contributed by atoms with Crippen molar-refractivity contribution in [3.8, 4) is 50.2 Å². The summed E-state index contributed by atoms with van der Waals surface area (Å²) >= 11 is 0. The third-order valence-electron chi connectivity index (χ3n) is 12.8. The summed E-state index contributed by atoms with van der Waals surface area (Å²) in [7, 11) is 0. The fraction of sp³-hybridized carbons (Fsp3) is 0. The lowest BCUT2D eigenvalue weighted by molar-refractivity contribution is 1.19. The summed E-state index contributed by atoms with van der Waals surface area (Å²) < 4.78 is 2.47. The van der Waals surface area contributed by atoms with E-state index in [1.807, 2.05) is 0 Å². The van der Waals surface area contributed by atoms with Gasteiger partial charge in [0.2, 0.25) is 0 Å². The molecule has 0 spiro atoms. The summed E-state index contributed by atoms with van der Waals surface area (Å²) in [4.78, 5) is 2.35. The summed E-state index contributed by atoms with van der Waals surface area (Å²) in [5.74, 6) is 0. The number of aromatic nitrogens is 1. The summed E-state index contributed by atoms with van der Waals surface area (Å²) in [6.07, 6.45) is 0. The van der Waals surface area contributed by atoms with Crippen LogP contribution in [0.4, 0.5) is 17.1 Å². The first-order valence-corrected chi connectivity index (χ1v) is 22.0. The molecule has 1 heterocycles. The number of hydrogen-bond donors (Lipinski definition) is 0. The average Bonchev–Trinajstić information content (AvgIpc) is 3.74. The molecule has 0 fully saturated rings. The number of hydrogen-bond acceptors (Lipinski definition) is 1. The lowest BCUT2D eigenvalue weighted by Crippen LogP contribution is -2.09. The topological polar surface area (TPSA) is 8.17 Å². The molecule has 0 unspecified atom stereocenters. The van der Waals surface area contributed by atoms with Crippen LogP contribution in [0.25, 0.3) is 93.5 Å². The zero-order valence-electron chi connectivity index (χ0n) is 35.1. The van der Waals surface area contributed by atoms with Gasteiger partial charge in [0, 0.05) is 38.9 Å². The van der Waals surface area contributed by atoms with Gasteiger partial charge in [-0.05, 0) is 115 Å². The molecule has 0 radical (unpaired) electrons. The predicted molar refractivity (Wildman–Crippen MR) is 272 cm³/mol. The maximum Gasteiger partial charge on any atom is 0.0625 e. The summed E-state index contributed by atoms with van der Waals surface area (Å²) in [6, 6.07) is 92.4.